The zero-order valence-electron chi connectivity index (χ0n) is 14.4. The van der Waals surface area contributed by atoms with Crippen LogP contribution in [0.15, 0.2) is 29.2 Å². The molecular weight excluding hydrogens is 308 g/mol. The molecule has 1 saturated heterocycles. The van der Waals surface area contributed by atoms with Crippen molar-refractivity contribution in [2.75, 3.05) is 38.6 Å². The number of hydrogen-bond acceptors (Lipinski definition) is 4. The van der Waals surface area contributed by atoms with Gasteiger partial charge in [-0.2, -0.15) is 0 Å². The van der Waals surface area contributed by atoms with E-state index in [-0.39, 0.29) is 5.91 Å². The molecule has 0 saturated carbocycles. The van der Waals surface area contributed by atoms with Crippen molar-refractivity contribution < 1.29 is 9.53 Å². The molecule has 1 unspecified atom stereocenters. The fourth-order valence-electron chi connectivity index (χ4n) is 2.75. The van der Waals surface area contributed by atoms with Gasteiger partial charge in [-0.15, -0.1) is 11.8 Å². The molecule has 1 amide bonds. The summed E-state index contributed by atoms with van der Waals surface area (Å²) >= 11 is 1.59. The van der Waals surface area contributed by atoms with E-state index in [2.05, 4.69) is 55.3 Å². The molecule has 1 atom stereocenters. The monoisotopic (exact) mass is 336 g/mol. The maximum atomic E-state index is 12.1. The van der Waals surface area contributed by atoms with Crippen LogP contribution in [0.25, 0.3) is 0 Å². The van der Waals surface area contributed by atoms with Crippen molar-refractivity contribution >= 4 is 17.7 Å². The van der Waals surface area contributed by atoms with Crippen molar-refractivity contribution in [2.45, 2.75) is 31.7 Å². The molecule has 0 aliphatic carbocycles. The van der Waals surface area contributed by atoms with Crippen molar-refractivity contribution in [3.05, 3.63) is 29.8 Å². The van der Waals surface area contributed by atoms with Crippen LogP contribution in [0.5, 0.6) is 0 Å². The van der Waals surface area contributed by atoms with Crippen LogP contribution in [0.4, 0.5) is 0 Å². The smallest absolute Gasteiger partial charge is 0.230 e. The summed E-state index contributed by atoms with van der Waals surface area (Å²) in [5.41, 5.74) is 1.24. The van der Waals surface area contributed by atoms with Gasteiger partial charge in [0.2, 0.25) is 5.91 Å². The molecule has 1 aromatic carbocycles. The number of ether oxygens (including phenoxy) is 1. The van der Waals surface area contributed by atoms with E-state index in [0.29, 0.717) is 24.3 Å². The molecule has 1 fully saturated rings. The third-order valence-electron chi connectivity index (χ3n) is 4.18. The molecule has 0 spiro atoms. The third kappa shape index (κ3) is 6.16. The fraction of sp³-hybridized carbons (Fsp3) is 0.611. The first-order chi connectivity index (χ1) is 11.1. The summed E-state index contributed by atoms with van der Waals surface area (Å²) in [6.45, 7) is 10.7. The van der Waals surface area contributed by atoms with E-state index < -0.39 is 0 Å². The predicted molar refractivity (Wildman–Crippen MR) is 95.9 cm³/mol. The van der Waals surface area contributed by atoms with E-state index in [1.54, 1.807) is 11.8 Å². The summed E-state index contributed by atoms with van der Waals surface area (Å²) in [4.78, 5) is 15.7. The van der Waals surface area contributed by atoms with Crippen LogP contribution in [0.1, 0.15) is 19.4 Å². The number of hydrogen-bond donors (Lipinski definition) is 1. The maximum Gasteiger partial charge on any atom is 0.230 e. The number of aryl methyl sites for hydroxylation is 1. The number of carbonyl (C=O) groups is 1. The highest BCUT2D eigenvalue weighted by Gasteiger charge is 2.24. The molecular formula is C18H28N2O2S. The lowest BCUT2D eigenvalue weighted by Crippen LogP contribution is -2.51. The minimum Gasteiger partial charge on any atom is -0.379 e. The average molecular weight is 337 g/mol. The molecule has 0 aromatic heterocycles. The predicted octanol–water partition coefficient (Wildman–Crippen LogP) is 2.56. The molecule has 23 heavy (non-hydrogen) atoms. The maximum absolute atomic E-state index is 12.1. The number of thioether (sulfide) groups is 1. The lowest BCUT2D eigenvalue weighted by atomic mass is 10.0. The van der Waals surface area contributed by atoms with Gasteiger partial charge in [0.05, 0.1) is 19.0 Å². The highest BCUT2D eigenvalue weighted by Crippen LogP contribution is 2.18. The molecule has 1 N–H and O–H groups in total. The van der Waals surface area contributed by atoms with Crippen molar-refractivity contribution in [2.24, 2.45) is 5.92 Å². The first kappa shape index (κ1) is 18.3. The number of benzene rings is 1. The topological polar surface area (TPSA) is 41.6 Å². The fourth-order valence-corrected chi connectivity index (χ4v) is 3.48. The van der Waals surface area contributed by atoms with Crippen LogP contribution >= 0.6 is 11.8 Å². The Morgan fingerprint density at radius 3 is 2.52 bits per heavy atom. The van der Waals surface area contributed by atoms with Gasteiger partial charge in [-0.05, 0) is 25.0 Å². The van der Waals surface area contributed by atoms with Crippen molar-refractivity contribution in [3.8, 4) is 0 Å². The van der Waals surface area contributed by atoms with Gasteiger partial charge in [0.15, 0.2) is 0 Å². The number of rotatable bonds is 7. The number of nitrogens with zero attached hydrogens (tertiary/aromatic N) is 1. The summed E-state index contributed by atoms with van der Waals surface area (Å²) in [5, 5.41) is 3.10. The molecule has 128 valence electrons. The SMILES string of the molecule is Cc1ccc(SCC(=O)NCC(C(C)C)N2CCOCC2)cc1. The number of morpholine rings is 1. The Labute approximate surface area is 144 Å². The van der Waals surface area contributed by atoms with Crippen LogP contribution in [0.2, 0.25) is 0 Å². The summed E-state index contributed by atoms with van der Waals surface area (Å²) in [7, 11) is 0. The van der Waals surface area contributed by atoms with Gasteiger partial charge >= 0.3 is 0 Å². The van der Waals surface area contributed by atoms with Gasteiger partial charge in [-0.3, -0.25) is 9.69 Å². The number of nitrogens with one attached hydrogen (secondary N) is 1. The van der Waals surface area contributed by atoms with Gasteiger partial charge in [0, 0.05) is 30.6 Å². The Morgan fingerprint density at radius 2 is 1.91 bits per heavy atom. The van der Waals surface area contributed by atoms with Crippen molar-refractivity contribution in [1.29, 1.82) is 0 Å². The third-order valence-corrected chi connectivity index (χ3v) is 5.20. The summed E-state index contributed by atoms with van der Waals surface area (Å²) in [6, 6.07) is 8.67. The van der Waals surface area contributed by atoms with E-state index in [0.717, 1.165) is 31.2 Å². The first-order valence-corrected chi connectivity index (χ1v) is 9.33. The van der Waals surface area contributed by atoms with E-state index in [4.69, 9.17) is 4.74 Å². The second-order valence-electron chi connectivity index (χ2n) is 6.37. The molecule has 1 aromatic rings. The molecule has 4 nitrogen and oxygen atoms in total. The second-order valence-corrected chi connectivity index (χ2v) is 7.41. The van der Waals surface area contributed by atoms with E-state index >= 15 is 0 Å². The Morgan fingerprint density at radius 1 is 1.26 bits per heavy atom. The molecule has 1 aliphatic rings. The van der Waals surface area contributed by atoms with E-state index in [9.17, 15) is 4.79 Å². The molecule has 1 heterocycles. The molecule has 0 bridgehead atoms. The van der Waals surface area contributed by atoms with E-state index in [1.165, 1.54) is 5.56 Å². The molecule has 2 rings (SSSR count). The van der Waals surface area contributed by atoms with Crippen molar-refractivity contribution in [3.63, 3.8) is 0 Å². The standard InChI is InChI=1S/C18H28N2O2S/c1-14(2)17(20-8-10-22-11-9-20)12-19-18(21)13-23-16-6-4-15(3)5-7-16/h4-7,14,17H,8-13H2,1-3H3,(H,19,21). The van der Waals surface area contributed by atoms with Gasteiger partial charge in [0.25, 0.3) is 0 Å². The number of amides is 1. The van der Waals surface area contributed by atoms with Crippen LogP contribution in [0.3, 0.4) is 0 Å². The van der Waals surface area contributed by atoms with Crippen LogP contribution in [0, 0.1) is 12.8 Å². The minimum absolute atomic E-state index is 0.106. The molecule has 5 heteroatoms. The Kier molecular flexibility index (Phi) is 7.40. The van der Waals surface area contributed by atoms with Crippen LogP contribution in [-0.2, 0) is 9.53 Å². The van der Waals surface area contributed by atoms with Crippen LogP contribution < -0.4 is 5.32 Å². The highest BCUT2D eigenvalue weighted by atomic mass is 32.2. The Hall–Kier alpha value is -1.04. The molecule has 0 radical (unpaired) electrons. The Bertz CT molecular complexity index is 484. The normalized spacial score (nSPS) is 17.2. The minimum atomic E-state index is 0.106. The van der Waals surface area contributed by atoms with Gasteiger partial charge in [-0.25, -0.2) is 0 Å². The highest BCUT2D eigenvalue weighted by molar-refractivity contribution is 8.00. The summed E-state index contributed by atoms with van der Waals surface area (Å²) in [6.07, 6.45) is 0. The average Bonchev–Trinajstić information content (AvgIpc) is 2.55. The van der Waals surface area contributed by atoms with E-state index in [1.807, 2.05) is 0 Å². The van der Waals surface area contributed by atoms with Crippen molar-refractivity contribution in [1.82, 2.24) is 10.2 Å². The molecule has 1 aliphatic heterocycles. The first-order valence-electron chi connectivity index (χ1n) is 8.34. The quantitative estimate of drug-likeness (QED) is 0.777. The lowest BCUT2D eigenvalue weighted by molar-refractivity contribution is -0.119. The van der Waals surface area contributed by atoms with Gasteiger partial charge < -0.3 is 10.1 Å². The number of carbonyl (C=O) groups excluding carboxylic acids is 1. The summed E-state index contributed by atoms with van der Waals surface area (Å²) in [5.74, 6) is 1.09. The van der Waals surface area contributed by atoms with Crippen LogP contribution in [-0.4, -0.2) is 55.4 Å². The van der Waals surface area contributed by atoms with Gasteiger partial charge in [-0.1, -0.05) is 31.5 Å². The Balaban J connectivity index is 1.75. The van der Waals surface area contributed by atoms with Gasteiger partial charge in [0.1, 0.15) is 0 Å². The zero-order chi connectivity index (χ0) is 16.7. The lowest BCUT2D eigenvalue weighted by Gasteiger charge is -2.36. The second kappa shape index (κ2) is 9.30. The largest absolute Gasteiger partial charge is 0.379 e. The zero-order valence-corrected chi connectivity index (χ0v) is 15.2. The summed E-state index contributed by atoms with van der Waals surface area (Å²) < 4.78 is 5.42.